The van der Waals surface area contributed by atoms with Crippen molar-refractivity contribution in [2.75, 3.05) is 0 Å². The van der Waals surface area contributed by atoms with Gasteiger partial charge in [-0.15, -0.1) is 5.10 Å². The molecule has 7 nitrogen and oxygen atoms in total. The van der Waals surface area contributed by atoms with E-state index in [0.29, 0.717) is 17.7 Å². The zero-order valence-electron chi connectivity index (χ0n) is 11.5. The number of nitrogens with zero attached hydrogens (tertiary/aromatic N) is 3. The number of hydrogen-bond donors (Lipinski definition) is 2. The summed E-state index contributed by atoms with van der Waals surface area (Å²) in [7, 11) is 0. The van der Waals surface area contributed by atoms with Crippen LogP contribution in [0.15, 0.2) is 24.3 Å². The van der Waals surface area contributed by atoms with E-state index in [9.17, 15) is 9.59 Å². The predicted molar refractivity (Wildman–Crippen MR) is 73.4 cm³/mol. The maximum atomic E-state index is 10.6. The van der Waals surface area contributed by atoms with E-state index in [1.165, 1.54) is 0 Å². The third kappa shape index (κ3) is 3.65. The number of hydrogen-bond acceptors (Lipinski definition) is 4. The first-order valence-corrected chi connectivity index (χ1v) is 6.41. The number of carboxylic acids is 2. The van der Waals surface area contributed by atoms with Crippen LogP contribution in [0.5, 0.6) is 0 Å². The molecule has 0 aliphatic heterocycles. The van der Waals surface area contributed by atoms with Crippen molar-refractivity contribution in [1.29, 1.82) is 0 Å². The molecule has 0 fully saturated rings. The first-order chi connectivity index (χ1) is 9.97. The molecule has 1 aromatic heterocycles. The average Bonchev–Trinajstić information content (AvgIpc) is 2.78. The Morgan fingerprint density at radius 3 is 2.38 bits per heavy atom. The third-order valence-corrected chi connectivity index (χ3v) is 3.10. The lowest BCUT2D eigenvalue weighted by atomic mass is 10.1. The first-order valence-electron chi connectivity index (χ1n) is 6.41. The Hall–Kier alpha value is -2.70. The molecule has 7 heteroatoms. The van der Waals surface area contributed by atoms with Crippen LogP contribution in [-0.4, -0.2) is 37.1 Å². The highest BCUT2D eigenvalue weighted by Crippen LogP contribution is 2.14. The van der Waals surface area contributed by atoms with Gasteiger partial charge in [-0.25, -0.2) is 4.68 Å². The molecule has 0 saturated heterocycles. The highest BCUT2D eigenvalue weighted by molar-refractivity contribution is 5.70. The van der Waals surface area contributed by atoms with E-state index in [0.717, 1.165) is 11.4 Å². The summed E-state index contributed by atoms with van der Waals surface area (Å²) in [6.45, 7) is 1.82. The summed E-state index contributed by atoms with van der Waals surface area (Å²) >= 11 is 0. The van der Waals surface area contributed by atoms with Crippen LogP contribution in [-0.2, 0) is 22.4 Å². The van der Waals surface area contributed by atoms with Crippen LogP contribution in [0.4, 0.5) is 0 Å². The SMILES string of the molecule is Cc1c(CCC(=O)O)nnn1-c1ccc(CC(=O)O)cc1. The van der Waals surface area contributed by atoms with Gasteiger partial charge in [-0.05, 0) is 24.6 Å². The second-order valence-electron chi connectivity index (χ2n) is 4.66. The molecule has 0 saturated carbocycles. The number of aryl methyl sites for hydroxylation is 1. The average molecular weight is 289 g/mol. The van der Waals surface area contributed by atoms with Crippen molar-refractivity contribution in [1.82, 2.24) is 15.0 Å². The van der Waals surface area contributed by atoms with Crippen LogP contribution in [0.3, 0.4) is 0 Å². The normalized spacial score (nSPS) is 10.5. The lowest BCUT2D eigenvalue weighted by Crippen LogP contribution is -2.03. The van der Waals surface area contributed by atoms with Crippen LogP contribution in [0.25, 0.3) is 5.69 Å². The Bertz CT molecular complexity index is 661. The van der Waals surface area contributed by atoms with Crippen LogP contribution < -0.4 is 0 Å². The topological polar surface area (TPSA) is 105 Å². The number of benzene rings is 1. The lowest BCUT2D eigenvalue weighted by molar-refractivity contribution is -0.137. The lowest BCUT2D eigenvalue weighted by Gasteiger charge is -2.04. The van der Waals surface area contributed by atoms with Gasteiger partial charge < -0.3 is 10.2 Å². The number of rotatable bonds is 6. The standard InChI is InChI=1S/C14H15N3O4/c1-9-12(6-7-13(18)19)15-16-17(9)11-4-2-10(3-5-11)8-14(20)21/h2-5H,6-8H2,1H3,(H,18,19)(H,20,21). The smallest absolute Gasteiger partial charge is 0.307 e. The maximum Gasteiger partial charge on any atom is 0.307 e. The van der Waals surface area contributed by atoms with Crippen LogP contribution in [0.2, 0.25) is 0 Å². The van der Waals surface area contributed by atoms with E-state index in [2.05, 4.69) is 10.3 Å². The summed E-state index contributed by atoms with van der Waals surface area (Å²) in [6, 6.07) is 6.98. The van der Waals surface area contributed by atoms with Crippen molar-refractivity contribution >= 4 is 11.9 Å². The summed E-state index contributed by atoms with van der Waals surface area (Å²) < 4.78 is 1.61. The Balaban J connectivity index is 2.18. The molecule has 110 valence electrons. The van der Waals surface area contributed by atoms with Crippen molar-refractivity contribution in [2.24, 2.45) is 0 Å². The summed E-state index contributed by atoms with van der Waals surface area (Å²) in [6.07, 6.45) is 0.315. The monoisotopic (exact) mass is 289 g/mol. The number of carbonyl (C=O) groups is 2. The fourth-order valence-corrected chi connectivity index (χ4v) is 1.99. The molecule has 0 bridgehead atoms. The molecule has 0 aliphatic rings. The molecule has 0 radical (unpaired) electrons. The van der Waals surface area contributed by atoms with Crippen molar-refractivity contribution in [3.05, 3.63) is 41.2 Å². The Morgan fingerprint density at radius 1 is 1.14 bits per heavy atom. The van der Waals surface area contributed by atoms with Gasteiger partial charge in [0.25, 0.3) is 0 Å². The fourth-order valence-electron chi connectivity index (χ4n) is 1.99. The molecule has 1 heterocycles. The molecule has 0 spiro atoms. The Morgan fingerprint density at radius 2 is 1.81 bits per heavy atom. The van der Waals surface area contributed by atoms with Gasteiger partial charge in [-0.2, -0.15) is 0 Å². The van der Waals surface area contributed by atoms with Crippen molar-refractivity contribution in [3.8, 4) is 5.69 Å². The minimum Gasteiger partial charge on any atom is -0.481 e. The van der Waals surface area contributed by atoms with E-state index >= 15 is 0 Å². The molecular weight excluding hydrogens is 274 g/mol. The van der Waals surface area contributed by atoms with Crippen molar-refractivity contribution in [3.63, 3.8) is 0 Å². The summed E-state index contributed by atoms with van der Waals surface area (Å²) in [5.41, 5.74) is 2.89. The zero-order chi connectivity index (χ0) is 15.4. The molecular formula is C14H15N3O4. The molecule has 0 amide bonds. The highest BCUT2D eigenvalue weighted by Gasteiger charge is 2.11. The molecule has 2 rings (SSSR count). The molecule has 1 aromatic carbocycles. The maximum absolute atomic E-state index is 10.6. The Labute approximate surface area is 120 Å². The fraction of sp³-hybridized carbons (Fsp3) is 0.286. The quantitative estimate of drug-likeness (QED) is 0.828. The van der Waals surface area contributed by atoms with Gasteiger partial charge in [0.15, 0.2) is 0 Å². The second kappa shape index (κ2) is 6.17. The van der Waals surface area contributed by atoms with E-state index in [1.54, 1.807) is 28.9 Å². The number of carboxylic acid groups (broad SMARTS) is 2. The van der Waals surface area contributed by atoms with Crippen molar-refractivity contribution in [2.45, 2.75) is 26.2 Å². The van der Waals surface area contributed by atoms with E-state index < -0.39 is 11.9 Å². The summed E-state index contributed by atoms with van der Waals surface area (Å²) in [4.78, 5) is 21.2. The minimum absolute atomic E-state index is 0.0110. The van der Waals surface area contributed by atoms with E-state index in [-0.39, 0.29) is 12.8 Å². The largest absolute Gasteiger partial charge is 0.481 e. The molecule has 2 N–H and O–H groups in total. The Kier molecular flexibility index (Phi) is 4.32. The minimum atomic E-state index is -0.879. The number of aromatic nitrogens is 3. The molecule has 0 unspecified atom stereocenters. The highest BCUT2D eigenvalue weighted by atomic mass is 16.4. The van der Waals surface area contributed by atoms with Crippen LogP contribution in [0, 0.1) is 6.92 Å². The van der Waals surface area contributed by atoms with Gasteiger partial charge in [0.05, 0.1) is 29.9 Å². The first kappa shape index (κ1) is 14.7. The van der Waals surface area contributed by atoms with Gasteiger partial charge in [-0.3, -0.25) is 9.59 Å². The molecule has 2 aromatic rings. The van der Waals surface area contributed by atoms with Gasteiger partial charge in [0, 0.05) is 6.42 Å². The van der Waals surface area contributed by atoms with E-state index in [4.69, 9.17) is 10.2 Å². The summed E-state index contributed by atoms with van der Waals surface area (Å²) in [5.74, 6) is -1.75. The molecule has 0 atom stereocenters. The van der Waals surface area contributed by atoms with Crippen molar-refractivity contribution < 1.29 is 19.8 Å². The number of aliphatic carboxylic acids is 2. The van der Waals surface area contributed by atoms with Crippen LogP contribution >= 0.6 is 0 Å². The molecule has 21 heavy (non-hydrogen) atoms. The third-order valence-electron chi connectivity index (χ3n) is 3.10. The zero-order valence-corrected chi connectivity index (χ0v) is 11.5. The van der Waals surface area contributed by atoms with Gasteiger partial charge in [-0.1, -0.05) is 17.3 Å². The van der Waals surface area contributed by atoms with Gasteiger partial charge in [0.1, 0.15) is 0 Å². The predicted octanol–water partition coefficient (Wildman–Crippen LogP) is 1.22. The summed E-state index contributed by atoms with van der Waals surface area (Å²) in [5, 5.41) is 25.4. The van der Waals surface area contributed by atoms with Gasteiger partial charge in [0.2, 0.25) is 0 Å². The van der Waals surface area contributed by atoms with Crippen LogP contribution in [0.1, 0.15) is 23.4 Å². The second-order valence-corrected chi connectivity index (χ2v) is 4.66. The van der Waals surface area contributed by atoms with E-state index in [1.807, 2.05) is 6.92 Å². The van der Waals surface area contributed by atoms with Gasteiger partial charge >= 0.3 is 11.9 Å². The molecule has 0 aliphatic carbocycles.